The molecule has 0 bridgehead atoms. The molecule has 0 unspecified atom stereocenters. The summed E-state index contributed by atoms with van der Waals surface area (Å²) in [7, 11) is -3.38. The van der Waals surface area contributed by atoms with Crippen LogP contribution in [0.1, 0.15) is 49.9 Å². The first kappa shape index (κ1) is 16.0. The number of nitrogens with zero attached hydrogens (tertiary/aromatic N) is 1. The van der Waals surface area contributed by atoms with Gasteiger partial charge in [0.2, 0.25) is 0 Å². The summed E-state index contributed by atoms with van der Waals surface area (Å²) in [5.74, 6) is -0.136. The lowest BCUT2D eigenvalue weighted by Gasteiger charge is -2.35. The van der Waals surface area contributed by atoms with Gasteiger partial charge in [0.25, 0.3) is 5.91 Å². The molecule has 1 fully saturated rings. The van der Waals surface area contributed by atoms with Gasteiger partial charge in [0.05, 0.1) is 16.2 Å². The SMILES string of the molecule is CC[C@H]1CCCCN1C(=O)c1ccccc1S(=O)(=O)CC. The molecule has 2 rings (SSSR count). The molecule has 1 saturated heterocycles. The van der Waals surface area contributed by atoms with Crippen LogP contribution in [-0.2, 0) is 9.84 Å². The first-order chi connectivity index (χ1) is 10.0. The average molecular weight is 309 g/mol. The summed E-state index contributed by atoms with van der Waals surface area (Å²) in [6.45, 7) is 4.40. The monoisotopic (exact) mass is 309 g/mol. The minimum Gasteiger partial charge on any atom is -0.336 e. The number of likely N-dealkylation sites (tertiary alicyclic amines) is 1. The van der Waals surface area contributed by atoms with Gasteiger partial charge in [-0.05, 0) is 37.8 Å². The molecule has 4 nitrogen and oxygen atoms in total. The molecule has 1 aromatic rings. The highest BCUT2D eigenvalue weighted by Crippen LogP contribution is 2.25. The summed E-state index contributed by atoms with van der Waals surface area (Å²) in [4.78, 5) is 14.8. The molecule has 0 aliphatic carbocycles. The van der Waals surface area contributed by atoms with Crippen LogP contribution in [0.25, 0.3) is 0 Å². The third-order valence-corrected chi connectivity index (χ3v) is 5.98. The Balaban J connectivity index is 2.40. The smallest absolute Gasteiger partial charge is 0.255 e. The zero-order valence-electron chi connectivity index (χ0n) is 12.7. The zero-order valence-corrected chi connectivity index (χ0v) is 13.5. The molecule has 0 spiro atoms. The molecular formula is C16H23NO3S. The molecule has 0 aromatic heterocycles. The minimum absolute atomic E-state index is 0.00843. The van der Waals surface area contributed by atoms with E-state index < -0.39 is 9.84 Å². The predicted molar refractivity (Wildman–Crippen MR) is 83.1 cm³/mol. The molecule has 0 saturated carbocycles. The lowest BCUT2D eigenvalue weighted by Crippen LogP contribution is -2.43. The fraction of sp³-hybridized carbons (Fsp3) is 0.562. The number of amides is 1. The maximum Gasteiger partial charge on any atom is 0.255 e. The normalized spacial score (nSPS) is 19.5. The van der Waals surface area contributed by atoms with Crippen LogP contribution < -0.4 is 0 Å². The number of piperidine rings is 1. The van der Waals surface area contributed by atoms with Gasteiger partial charge in [-0.3, -0.25) is 4.79 Å². The number of carbonyl (C=O) groups excluding carboxylic acids is 1. The Bertz CT molecular complexity index is 610. The number of hydrogen-bond acceptors (Lipinski definition) is 3. The van der Waals surface area contributed by atoms with Gasteiger partial charge < -0.3 is 4.90 Å². The van der Waals surface area contributed by atoms with Gasteiger partial charge in [-0.25, -0.2) is 8.42 Å². The second-order valence-corrected chi connectivity index (χ2v) is 7.70. The highest BCUT2D eigenvalue weighted by Gasteiger charge is 2.29. The van der Waals surface area contributed by atoms with E-state index in [-0.39, 0.29) is 22.6 Å². The van der Waals surface area contributed by atoms with Crippen molar-refractivity contribution in [2.75, 3.05) is 12.3 Å². The quantitative estimate of drug-likeness (QED) is 0.859. The second-order valence-electron chi connectivity index (χ2n) is 5.46. The van der Waals surface area contributed by atoms with E-state index in [2.05, 4.69) is 6.92 Å². The van der Waals surface area contributed by atoms with E-state index in [0.29, 0.717) is 5.56 Å². The van der Waals surface area contributed by atoms with Crippen molar-refractivity contribution >= 4 is 15.7 Å². The van der Waals surface area contributed by atoms with E-state index in [1.165, 1.54) is 6.07 Å². The number of benzene rings is 1. The molecule has 21 heavy (non-hydrogen) atoms. The molecule has 0 radical (unpaired) electrons. The van der Waals surface area contributed by atoms with Crippen molar-refractivity contribution in [2.45, 2.75) is 50.5 Å². The van der Waals surface area contributed by atoms with E-state index in [1.807, 2.05) is 4.90 Å². The van der Waals surface area contributed by atoms with Crippen LogP contribution in [0.2, 0.25) is 0 Å². The number of sulfone groups is 1. The third kappa shape index (κ3) is 3.28. The van der Waals surface area contributed by atoms with Crippen LogP contribution in [-0.4, -0.2) is 37.6 Å². The van der Waals surface area contributed by atoms with Crippen LogP contribution >= 0.6 is 0 Å². The molecule has 5 heteroatoms. The summed E-state index contributed by atoms with van der Waals surface area (Å²) in [6.07, 6.45) is 4.04. The highest BCUT2D eigenvalue weighted by molar-refractivity contribution is 7.91. The third-order valence-electron chi connectivity index (χ3n) is 4.19. The van der Waals surface area contributed by atoms with Crippen molar-refractivity contribution in [1.82, 2.24) is 4.90 Å². The maximum absolute atomic E-state index is 12.8. The van der Waals surface area contributed by atoms with Gasteiger partial charge in [-0.1, -0.05) is 26.0 Å². The van der Waals surface area contributed by atoms with Crippen molar-refractivity contribution in [3.05, 3.63) is 29.8 Å². The number of hydrogen-bond donors (Lipinski definition) is 0. The fourth-order valence-corrected chi connectivity index (χ4v) is 4.00. The van der Waals surface area contributed by atoms with E-state index >= 15 is 0 Å². The molecule has 1 amide bonds. The highest BCUT2D eigenvalue weighted by atomic mass is 32.2. The van der Waals surface area contributed by atoms with Crippen molar-refractivity contribution in [1.29, 1.82) is 0 Å². The van der Waals surface area contributed by atoms with Crippen LogP contribution in [0, 0.1) is 0 Å². The summed E-state index contributed by atoms with van der Waals surface area (Å²) < 4.78 is 24.4. The predicted octanol–water partition coefficient (Wildman–Crippen LogP) is 2.88. The van der Waals surface area contributed by atoms with E-state index in [9.17, 15) is 13.2 Å². The van der Waals surface area contributed by atoms with Gasteiger partial charge >= 0.3 is 0 Å². The van der Waals surface area contributed by atoms with Crippen molar-refractivity contribution in [2.24, 2.45) is 0 Å². The number of rotatable bonds is 4. The second kappa shape index (κ2) is 6.60. The van der Waals surface area contributed by atoms with Crippen LogP contribution in [0.3, 0.4) is 0 Å². The van der Waals surface area contributed by atoms with E-state index in [4.69, 9.17) is 0 Å². The van der Waals surface area contributed by atoms with Crippen LogP contribution in [0.15, 0.2) is 29.2 Å². The Hall–Kier alpha value is -1.36. The minimum atomic E-state index is -3.38. The summed E-state index contributed by atoms with van der Waals surface area (Å²) in [6, 6.07) is 6.80. The Labute approximate surface area is 127 Å². The molecule has 116 valence electrons. The van der Waals surface area contributed by atoms with Crippen molar-refractivity contribution in [3.8, 4) is 0 Å². The van der Waals surface area contributed by atoms with Crippen molar-refractivity contribution < 1.29 is 13.2 Å². The molecule has 0 N–H and O–H groups in total. The first-order valence-corrected chi connectivity index (χ1v) is 9.29. The zero-order chi connectivity index (χ0) is 15.5. The lowest BCUT2D eigenvalue weighted by molar-refractivity contribution is 0.0604. The summed E-state index contributed by atoms with van der Waals surface area (Å²) in [5, 5.41) is 0. The van der Waals surface area contributed by atoms with E-state index in [0.717, 1.165) is 32.2 Å². The number of carbonyl (C=O) groups is 1. The first-order valence-electron chi connectivity index (χ1n) is 7.64. The largest absolute Gasteiger partial charge is 0.336 e. The molecule has 1 aromatic carbocycles. The van der Waals surface area contributed by atoms with Gasteiger partial charge in [0.1, 0.15) is 0 Å². The Kier molecular flexibility index (Phi) is 5.04. The van der Waals surface area contributed by atoms with Gasteiger partial charge in [-0.15, -0.1) is 0 Å². The topological polar surface area (TPSA) is 54.5 Å². The van der Waals surface area contributed by atoms with Crippen LogP contribution in [0.5, 0.6) is 0 Å². The van der Waals surface area contributed by atoms with Gasteiger partial charge in [-0.2, -0.15) is 0 Å². The molecular weight excluding hydrogens is 286 g/mol. The Morgan fingerprint density at radius 1 is 1.24 bits per heavy atom. The molecule has 1 aliphatic rings. The summed E-state index contributed by atoms with van der Waals surface area (Å²) >= 11 is 0. The maximum atomic E-state index is 12.8. The molecule has 1 aliphatic heterocycles. The molecule has 1 heterocycles. The van der Waals surface area contributed by atoms with Crippen molar-refractivity contribution in [3.63, 3.8) is 0 Å². The summed E-state index contributed by atoms with van der Waals surface area (Å²) in [5.41, 5.74) is 0.319. The average Bonchev–Trinajstić information content (AvgIpc) is 2.54. The van der Waals surface area contributed by atoms with Crippen LogP contribution in [0.4, 0.5) is 0 Å². The Morgan fingerprint density at radius 3 is 2.62 bits per heavy atom. The lowest BCUT2D eigenvalue weighted by atomic mass is 9.99. The van der Waals surface area contributed by atoms with Gasteiger partial charge in [0.15, 0.2) is 9.84 Å². The molecule has 1 atom stereocenters. The standard InChI is InChI=1S/C16H23NO3S/c1-3-13-9-7-8-12-17(13)16(18)14-10-5-6-11-15(14)21(19,20)4-2/h5-6,10-11,13H,3-4,7-9,12H2,1-2H3/t13-/m0/s1. The Morgan fingerprint density at radius 2 is 1.95 bits per heavy atom. The van der Waals surface area contributed by atoms with E-state index in [1.54, 1.807) is 25.1 Å². The van der Waals surface area contributed by atoms with Gasteiger partial charge in [0, 0.05) is 12.6 Å². The fourth-order valence-electron chi connectivity index (χ4n) is 2.92.